The van der Waals surface area contributed by atoms with E-state index in [2.05, 4.69) is 10.1 Å². The number of methoxy groups -OCH3 is 1. The molecule has 1 amide bonds. The zero-order valence-electron chi connectivity index (χ0n) is 21.9. The average molecular weight is 555 g/mol. The van der Waals surface area contributed by atoms with E-state index in [4.69, 9.17) is 4.74 Å². The maximum absolute atomic E-state index is 13.8. The number of rotatable bonds is 6. The zero-order valence-corrected chi connectivity index (χ0v) is 21.9. The number of aromatic nitrogens is 1. The summed E-state index contributed by atoms with van der Waals surface area (Å²) in [6.45, 7) is -0.0289. The molecule has 7 rings (SSSR count). The predicted octanol–water partition coefficient (Wildman–Crippen LogP) is 5.89. The van der Waals surface area contributed by atoms with Gasteiger partial charge in [-0.1, -0.05) is 18.2 Å². The number of hydrogen-bond donors (Lipinski definition) is 1. The first-order valence-corrected chi connectivity index (χ1v) is 13.4. The Morgan fingerprint density at radius 1 is 1.00 bits per heavy atom. The molecule has 0 atom stereocenters. The van der Waals surface area contributed by atoms with Gasteiger partial charge in [-0.05, 0) is 92.2 Å². The van der Waals surface area contributed by atoms with Crippen molar-refractivity contribution in [1.29, 1.82) is 0 Å². The van der Waals surface area contributed by atoms with Gasteiger partial charge in [-0.15, -0.1) is 13.2 Å². The minimum absolute atomic E-state index is 0.0169. The highest BCUT2D eigenvalue weighted by atomic mass is 19.4. The molecule has 40 heavy (non-hydrogen) atoms. The van der Waals surface area contributed by atoms with E-state index >= 15 is 0 Å². The summed E-state index contributed by atoms with van der Waals surface area (Å²) < 4.78 is 47.9. The van der Waals surface area contributed by atoms with Gasteiger partial charge in [0.1, 0.15) is 11.3 Å². The van der Waals surface area contributed by atoms with Crippen molar-refractivity contribution >= 4 is 28.5 Å². The van der Waals surface area contributed by atoms with Gasteiger partial charge in [0, 0.05) is 5.39 Å². The number of amides is 1. The summed E-state index contributed by atoms with van der Waals surface area (Å²) in [6.07, 6.45) is 1.47. The Labute approximate surface area is 228 Å². The highest BCUT2D eigenvalue weighted by Gasteiger charge is 2.54. The molecule has 4 aliphatic rings. The van der Waals surface area contributed by atoms with Gasteiger partial charge in [-0.3, -0.25) is 9.59 Å². The summed E-state index contributed by atoms with van der Waals surface area (Å²) >= 11 is 0. The van der Waals surface area contributed by atoms with Crippen LogP contribution in [0.2, 0.25) is 0 Å². The van der Waals surface area contributed by atoms with Crippen molar-refractivity contribution in [1.82, 2.24) is 4.57 Å². The van der Waals surface area contributed by atoms with E-state index in [1.807, 2.05) is 0 Å². The van der Waals surface area contributed by atoms with Crippen molar-refractivity contribution in [2.24, 2.45) is 23.2 Å². The fourth-order valence-corrected chi connectivity index (χ4v) is 7.55. The minimum atomic E-state index is -4.82. The lowest BCUT2D eigenvalue weighted by Crippen LogP contribution is -2.51. The summed E-state index contributed by atoms with van der Waals surface area (Å²) in [5.41, 5.74) is 0.269. The SMILES string of the molecule is COC(=O)c1cc2c(NC(=O)C34CC5CC(CC(C5)C3)C4)cccc2n(Cc2ccc(OC(F)(F)F)cc2)c1=O. The van der Waals surface area contributed by atoms with Crippen LogP contribution in [0.3, 0.4) is 0 Å². The van der Waals surface area contributed by atoms with E-state index in [1.165, 1.54) is 49.1 Å². The molecule has 1 N–H and O–H groups in total. The Kier molecular flexibility index (Phi) is 6.39. The van der Waals surface area contributed by atoms with Crippen molar-refractivity contribution < 1.29 is 32.2 Å². The number of nitrogens with one attached hydrogen (secondary N) is 1. The first kappa shape index (κ1) is 26.4. The lowest BCUT2D eigenvalue weighted by Gasteiger charge is -2.55. The summed E-state index contributed by atoms with van der Waals surface area (Å²) in [5, 5.41) is 3.63. The molecule has 0 unspecified atom stereocenters. The van der Waals surface area contributed by atoms with Crippen LogP contribution in [0.25, 0.3) is 10.9 Å². The molecule has 0 radical (unpaired) electrons. The van der Waals surface area contributed by atoms with E-state index in [0.29, 0.717) is 39.9 Å². The molecule has 4 fully saturated rings. The molecule has 0 saturated heterocycles. The molecule has 4 aliphatic carbocycles. The fraction of sp³-hybridized carbons (Fsp3) is 0.433. The number of pyridine rings is 1. The molecule has 1 heterocycles. The van der Waals surface area contributed by atoms with Gasteiger partial charge in [0.05, 0.1) is 30.3 Å². The third-order valence-electron chi connectivity index (χ3n) is 8.81. The monoisotopic (exact) mass is 554 g/mol. The van der Waals surface area contributed by atoms with Gasteiger partial charge in [0.2, 0.25) is 5.91 Å². The standard InChI is InChI=1S/C30H29F3N2O5/c1-39-27(37)23-12-22-24(34-28(38)29-13-18-9-19(14-29)11-20(10-18)15-29)3-2-4-25(22)35(26(23)36)16-17-5-7-21(8-6-17)40-30(31,32)33/h2-8,12,18-20H,9-11,13-16H2,1H3,(H,34,38). The number of alkyl halides is 3. The normalized spacial score (nSPS) is 25.1. The zero-order chi connectivity index (χ0) is 28.2. The summed E-state index contributed by atoms with van der Waals surface area (Å²) in [4.78, 5) is 39.8. The molecule has 4 saturated carbocycles. The van der Waals surface area contributed by atoms with Crippen molar-refractivity contribution in [3.63, 3.8) is 0 Å². The molecule has 3 aromatic rings. The number of carbonyl (C=O) groups is 2. The Hall–Kier alpha value is -3.82. The first-order valence-electron chi connectivity index (χ1n) is 13.4. The molecular formula is C30H29F3N2O5. The number of anilines is 1. The highest BCUT2D eigenvalue weighted by Crippen LogP contribution is 2.60. The van der Waals surface area contributed by atoms with E-state index in [0.717, 1.165) is 31.4 Å². The number of benzene rings is 2. The van der Waals surface area contributed by atoms with Crippen molar-refractivity contribution in [2.45, 2.75) is 51.4 Å². The number of ether oxygens (including phenoxy) is 2. The molecule has 210 valence electrons. The molecule has 0 spiro atoms. The Bertz CT molecular complexity index is 1510. The van der Waals surface area contributed by atoms with Gasteiger partial charge in [0.25, 0.3) is 5.56 Å². The largest absolute Gasteiger partial charge is 0.573 e. The molecule has 2 aromatic carbocycles. The fourth-order valence-electron chi connectivity index (χ4n) is 7.55. The van der Waals surface area contributed by atoms with Crippen LogP contribution < -0.4 is 15.6 Å². The second kappa shape index (κ2) is 9.67. The Balaban J connectivity index is 1.37. The van der Waals surface area contributed by atoms with E-state index in [-0.39, 0.29) is 23.8 Å². The van der Waals surface area contributed by atoms with Crippen LogP contribution in [-0.4, -0.2) is 29.9 Å². The average Bonchev–Trinajstić information content (AvgIpc) is 2.89. The summed E-state index contributed by atoms with van der Waals surface area (Å²) in [5.74, 6) is 0.551. The van der Waals surface area contributed by atoms with Crippen molar-refractivity contribution in [3.05, 3.63) is 70.0 Å². The summed E-state index contributed by atoms with van der Waals surface area (Å²) in [6, 6.07) is 11.8. The van der Waals surface area contributed by atoms with E-state index in [9.17, 15) is 27.6 Å². The van der Waals surface area contributed by atoms with Crippen LogP contribution in [0, 0.1) is 23.2 Å². The number of halogens is 3. The predicted molar refractivity (Wildman–Crippen MR) is 141 cm³/mol. The van der Waals surface area contributed by atoms with Crippen LogP contribution in [0.1, 0.15) is 54.4 Å². The Morgan fingerprint density at radius 3 is 2.20 bits per heavy atom. The summed E-state index contributed by atoms with van der Waals surface area (Å²) in [7, 11) is 1.18. The van der Waals surface area contributed by atoms with Crippen LogP contribution in [0.4, 0.5) is 18.9 Å². The first-order chi connectivity index (χ1) is 19.0. The third-order valence-corrected chi connectivity index (χ3v) is 8.81. The molecule has 7 nitrogen and oxygen atoms in total. The topological polar surface area (TPSA) is 86.6 Å². The number of hydrogen-bond acceptors (Lipinski definition) is 5. The molecule has 10 heteroatoms. The number of fused-ring (bicyclic) bond motifs is 1. The van der Waals surface area contributed by atoms with Gasteiger partial charge in [-0.2, -0.15) is 0 Å². The maximum atomic E-state index is 13.8. The molecule has 4 bridgehead atoms. The van der Waals surface area contributed by atoms with Gasteiger partial charge in [-0.25, -0.2) is 4.79 Å². The number of esters is 1. The smallest absolute Gasteiger partial charge is 0.465 e. The second-order valence-electron chi connectivity index (χ2n) is 11.5. The van der Waals surface area contributed by atoms with Crippen LogP contribution in [0.15, 0.2) is 53.3 Å². The third kappa shape index (κ3) is 4.84. The lowest BCUT2D eigenvalue weighted by atomic mass is 9.49. The quantitative estimate of drug-likeness (QED) is 0.384. The molecular weight excluding hydrogens is 525 g/mol. The molecule has 0 aliphatic heterocycles. The lowest BCUT2D eigenvalue weighted by molar-refractivity contribution is -0.274. The second-order valence-corrected chi connectivity index (χ2v) is 11.5. The van der Waals surface area contributed by atoms with Gasteiger partial charge in [0.15, 0.2) is 0 Å². The van der Waals surface area contributed by atoms with E-state index < -0.39 is 23.3 Å². The van der Waals surface area contributed by atoms with Gasteiger partial charge >= 0.3 is 12.3 Å². The van der Waals surface area contributed by atoms with Gasteiger partial charge < -0.3 is 19.4 Å². The van der Waals surface area contributed by atoms with Crippen LogP contribution in [-0.2, 0) is 16.1 Å². The molecule has 1 aromatic heterocycles. The minimum Gasteiger partial charge on any atom is -0.465 e. The number of nitrogens with zero attached hydrogens (tertiary/aromatic N) is 1. The van der Waals surface area contributed by atoms with E-state index in [1.54, 1.807) is 18.2 Å². The van der Waals surface area contributed by atoms with Crippen molar-refractivity contribution in [2.75, 3.05) is 12.4 Å². The number of carbonyl (C=O) groups excluding carboxylic acids is 2. The highest BCUT2D eigenvalue weighted by molar-refractivity contribution is 6.05. The van der Waals surface area contributed by atoms with Crippen LogP contribution in [0.5, 0.6) is 5.75 Å². The van der Waals surface area contributed by atoms with Crippen molar-refractivity contribution in [3.8, 4) is 5.75 Å². The van der Waals surface area contributed by atoms with Crippen LogP contribution >= 0.6 is 0 Å². The maximum Gasteiger partial charge on any atom is 0.573 e. The Morgan fingerprint density at radius 2 is 1.62 bits per heavy atom.